The van der Waals surface area contributed by atoms with E-state index in [1.807, 2.05) is 18.3 Å². The Kier molecular flexibility index (Phi) is 7.76. The standard InChI is InChI=1S/C12H20N4.C2HF3O2/c13-12-4-3-11(10-15-12)9-14-5-8-16-6-1-2-7-16;3-2(4,5)1(6)7/h3-4,10,14H,1-2,5-9H2,(H2,13,15);(H,6,7). The average molecular weight is 334 g/mol. The molecule has 0 saturated carbocycles. The lowest BCUT2D eigenvalue weighted by Gasteiger charge is -2.14. The summed E-state index contributed by atoms with van der Waals surface area (Å²) in [7, 11) is 0. The molecule has 1 aromatic rings. The van der Waals surface area contributed by atoms with Gasteiger partial charge >= 0.3 is 12.1 Å². The summed E-state index contributed by atoms with van der Waals surface area (Å²) in [6.45, 7) is 5.62. The van der Waals surface area contributed by atoms with Gasteiger partial charge in [0.1, 0.15) is 5.82 Å². The van der Waals surface area contributed by atoms with Crippen LogP contribution in [0.5, 0.6) is 0 Å². The molecule has 0 amide bonds. The Morgan fingerprint density at radius 1 is 1.35 bits per heavy atom. The number of nitrogen functional groups attached to an aromatic ring is 1. The van der Waals surface area contributed by atoms with Crippen LogP contribution in [0.25, 0.3) is 0 Å². The predicted molar refractivity (Wildman–Crippen MR) is 79.7 cm³/mol. The number of halogens is 3. The first-order valence-electron chi connectivity index (χ1n) is 7.22. The van der Waals surface area contributed by atoms with Gasteiger partial charge in [0.05, 0.1) is 0 Å². The van der Waals surface area contributed by atoms with E-state index < -0.39 is 12.1 Å². The van der Waals surface area contributed by atoms with Crippen molar-refractivity contribution < 1.29 is 23.1 Å². The molecule has 0 bridgehead atoms. The van der Waals surface area contributed by atoms with Gasteiger partial charge in [-0.1, -0.05) is 6.07 Å². The van der Waals surface area contributed by atoms with Gasteiger partial charge in [-0.3, -0.25) is 0 Å². The molecule has 1 aliphatic heterocycles. The van der Waals surface area contributed by atoms with Crippen LogP contribution in [0.2, 0.25) is 0 Å². The first kappa shape index (κ1) is 19.2. The Balaban J connectivity index is 0.000000322. The van der Waals surface area contributed by atoms with Crippen molar-refractivity contribution in [3.05, 3.63) is 23.9 Å². The van der Waals surface area contributed by atoms with E-state index in [1.54, 1.807) is 0 Å². The van der Waals surface area contributed by atoms with Gasteiger partial charge in [0.2, 0.25) is 0 Å². The van der Waals surface area contributed by atoms with E-state index in [2.05, 4.69) is 15.2 Å². The quantitative estimate of drug-likeness (QED) is 0.707. The van der Waals surface area contributed by atoms with Crippen molar-refractivity contribution in [3.8, 4) is 0 Å². The van der Waals surface area contributed by atoms with E-state index in [-0.39, 0.29) is 0 Å². The van der Waals surface area contributed by atoms with E-state index >= 15 is 0 Å². The lowest BCUT2D eigenvalue weighted by molar-refractivity contribution is -0.192. The summed E-state index contributed by atoms with van der Waals surface area (Å²) in [5, 5.41) is 10.6. The number of nitrogens with two attached hydrogens (primary N) is 1. The van der Waals surface area contributed by atoms with Crippen LogP contribution in [0, 0.1) is 0 Å². The highest BCUT2D eigenvalue weighted by atomic mass is 19.4. The Morgan fingerprint density at radius 2 is 1.96 bits per heavy atom. The van der Waals surface area contributed by atoms with E-state index in [0.29, 0.717) is 5.82 Å². The van der Waals surface area contributed by atoms with Crippen LogP contribution in [-0.2, 0) is 11.3 Å². The molecule has 0 aromatic carbocycles. The van der Waals surface area contributed by atoms with Crippen molar-refractivity contribution in [2.75, 3.05) is 31.9 Å². The lowest BCUT2D eigenvalue weighted by Crippen LogP contribution is -2.29. The third kappa shape index (κ3) is 8.36. The fourth-order valence-electron chi connectivity index (χ4n) is 2.02. The molecule has 0 unspecified atom stereocenters. The second kappa shape index (κ2) is 9.31. The molecule has 0 aliphatic carbocycles. The van der Waals surface area contributed by atoms with Crippen molar-refractivity contribution in [2.45, 2.75) is 25.6 Å². The zero-order valence-corrected chi connectivity index (χ0v) is 12.6. The number of nitrogens with zero attached hydrogens (tertiary/aromatic N) is 2. The minimum atomic E-state index is -5.08. The van der Waals surface area contributed by atoms with Crippen LogP contribution in [0.15, 0.2) is 18.3 Å². The Labute approximate surface area is 132 Å². The van der Waals surface area contributed by atoms with Crippen LogP contribution in [-0.4, -0.2) is 53.3 Å². The van der Waals surface area contributed by atoms with E-state index in [9.17, 15) is 13.2 Å². The zero-order chi connectivity index (χ0) is 17.3. The summed E-state index contributed by atoms with van der Waals surface area (Å²) >= 11 is 0. The van der Waals surface area contributed by atoms with E-state index in [1.165, 1.54) is 31.5 Å². The molecule has 6 nitrogen and oxygen atoms in total. The van der Waals surface area contributed by atoms with Gasteiger partial charge in [-0.2, -0.15) is 13.2 Å². The minimum absolute atomic E-state index is 0.584. The first-order chi connectivity index (χ1) is 10.8. The maximum absolute atomic E-state index is 10.6. The molecule has 1 aromatic heterocycles. The molecular formula is C14H21F3N4O2. The Hall–Kier alpha value is -1.87. The molecule has 9 heteroatoms. The highest BCUT2D eigenvalue weighted by molar-refractivity contribution is 5.73. The van der Waals surface area contributed by atoms with Crippen LogP contribution < -0.4 is 11.1 Å². The number of aromatic nitrogens is 1. The fourth-order valence-corrected chi connectivity index (χ4v) is 2.02. The van der Waals surface area contributed by atoms with Gasteiger partial charge < -0.3 is 21.1 Å². The Bertz CT molecular complexity index is 474. The summed E-state index contributed by atoms with van der Waals surface area (Å²) in [4.78, 5) is 15.5. The van der Waals surface area contributed by atoms with Crippen molar-refractivity contribution in [1.82, 2.24) is 15.2 Å². The highest BCUT2D eigenvalue weighted by Crippen LogP contribution is 2.13. The van der Waals surface area contributed by atoms with Crippen molar-refractivity contribution in [3.63, 3.8) is 0 Å². The van der Waals surface area contributed by atoms with Crippen LogP contribution in [0.3, 0.4) is 0 Å². The number of rotatable bonds is 5. The lowest BCUT2D eigenvalue weighted by atomic mass is 10.3. The SMILES string of the molecule is Nc1ccc(CNCCN2CCCC2)cn1.O=C(O)C(F)(F)F. The van der Waals surface area contributed by atoms with Crippen LogP contribution in [0.1, 0.15) is 18.4 Å². The maximum Gasteiger partial charge on any atom is 0.490 e. The summed E-state index contributed by atoms with van der Waals surface area (Å²) in [5.41, 5.74) is 6.72. The number of carboxylic acid groups (broad SMARTS) is 1. The summed E-state index contributed by atoms with van der Waals surface area (Å²) in [5.74, 6) is -2.17. The monoisotopic (exact) mass is 334 g/mol. The molecule has 4 N–H and O–H groups in total. The summed E-state index contributed by atoms with van der Waals surface area (Å²) < 4.78 is 31.7. The van der Waals surface area contributed by atoms with E-state index in [4.69, 9.17) is 15.6 Å². The molecule has 130 valence electrons. The van der Waals surface area contributed by atoms with Gasteiger partial charge in [0.15, 0.2) is 0 Å². The molecule has 0 spiro atoms. The number of anilines is 1. The van der Waals surface area contributed by atoms with Crippen molar-refractivity contribution >= 4 is 11.8 Å². The van der Waals surface area contributed by atoms with Crippen LogP contribution in [0.4, 0.5) is 19.0 Å². The normalized spacial score (nSPS) is 15.1. The van der Waals surface area contributed by atoms with E-state index in [0.717, 1.165) is 19.6 Å². The number of aliphatic carboxylic acids is 1. The third-order valence-corrected chi connectivity index (χ3v) is 3.22. The van der Waals surface area contributed by atoms with Gasteiger partial charge in [-0.25, -0.2) is 9.78 Å². The summed E-state index contributed by atoms with van der Waals surface area (Å²) in [6, 6.07) is 3.86. The van der Waals surface area contributed by atoms with Crippen molar-refractivity contribution in [2.24, 2.45) is 0 Å². The molecule has 1 fully saturated rings. The molecular weight excluding hydrogens is 313 g/mol. The molecule has 1 saturated heterocycles. The van der Waals surface area contributed by atoms with Gasteiger partial charge in [0, 0.05) is 25.8 Å². The van der Waals surface area contributed by atoms with Gasteiger partial charge in [0.25, 0.3) is 0 Å². The molecule has 0 atom stereocenters. The molecule has 2 heterocycles. The predicted octanol–water partition coefficient (Wildman–Crippen LogP) is 1.48. The number of hydrogen-bond donors (Lipinski definition) is 3. The number of pyridine rings is 1. The maximum atomic E-state index is 10.6. The number of carboxylic acids is 1. The molecule has 23 heavy (non-hydrogen) atoms. The topological polar surface area (TPSA) is 91.5 Å². The fraction of sp³-hybridized carbons (Fsp3) is 0.571. The number of hydrogen-bond acceptors (Lipinski definition) is 5. The average Bonchev–Trinajstić information content (AvgIpc) is 2.98. The third-order valence-electron chi connectivity index (χ3n) is 3.22. The zero-order valence-electron chi connectivity index (χ0n) is 12.6. The molecule has 1 aliphatic rings. The highest BCUT2D eigenvalue weighted by Gasteiger charge is 2.38. The number of nitrogens with one attached hydrogen (secondary N) is 1. The van der Waals surface area contributed by atoms with Crippen molar-refractivity contribution in [1.29, 1.82) is 0 Å². The van der Waals surface area contributed by atoms with Gasteiger partial charge in [-0.05, 0) is 37.6 Å². The first-order valence-corrected chi connectivity index (χ1v) is 7.22. The Morgan fingerprint density at radius 3 is 2.43 bits per heavy atom. The van der Waals surface area contributed by atoms with Crippen LogP contribution >= 0.6 is 0 Å². The smallest absolute Gasteiger partial charge is 0.475 e. The van der Waals surface area contributed by atoms with Gasteiger partial charge in [-0.15, -0.1) is 0 Å². The second-order valence-electron chi connectivity index (χ2n) is 5.12. The second-order valence-corrected chi connectivity index (χ2v) is 5.12. The largest absolute Gasteiger partial charge is 0.490 e. The number of alkyl halides is 3. The number of carbonyl (C=O) groups is 1. The molecule has 2 rings (SSSR count). The number of likely N-dealkylation sites (tertiary alicyclic amines) is 1. The minimum Gasteiger partial charge on any atom is -0.475 e. The summed E-state index contributed by atoms with van der Waals surface area (Å²) in [6.07, 6.45) is -0.526. The molecule has 0 radical (unpaired) electrons.